The largest absolute Gasteiger partial charge is 0.497 e. The van der Waals surface area contributed by atoms with Crippen molar-refractivity contribution in [3.8, 4) is 11.5 Å². The number of carbonyl (C=O) groups is 2. The van der Waals surface area contributed by atoms with E-state index in [1.165, 1.54) is 0 Å². The van der Waals surface area contributed by atoms with Crippen LogP contribution in [0.2, 0.25) is 0 Å². The number of hydrazine groups is 1. The number of amides is 2. The molecule has 0 aromatic heterocycles. The van der Waals surface area contributed by atoms with Gasteiger partial charge in [0, 0.05) is 5.56 Å². The molecule has 2 amide bonds. The Balaban J connectivity index is 1.79. The molecule has 2 N–H and O–H groups in total. The van der Waals surface area contributed by atoms with Gasteiger partial charge in [0.25, 0.3) is 11.8 Å². The fourth-order valence-electron chi connectivity index (χ4n) is 1.84. The summed E-state index contributed by atoms with van der Waals surface area (Å²) in [6.07, 6.45) is 0. The van der Waals surface area contributed by atoms with Crippen LogP contribution in [-0.2, 0) is 4.79 Å². The minimum absolute atomic E-state index is 0.187. The third-order valence-electron chi connectivity index (χ3n) is 3.12. The molecule has 0 heterocycles. The molecule has 2 aromatic rings. The predicted octanol–water partition coefficient (Wildman–Crippen LogP) is 1.84. The van der Waals surface area contributed by atoms with E-state index in [-0.39, 0.29) is 6.61 Å². The second kappa shape index (κ2) is 7.84. The van der Waals surface area contributed by atoms with Crippen molar-refractivity contribution >= 4 is 11.8 Å². The molecule has 2 aromatic carbocycles. The zero-order chi connectivity index (χ0) is 16.7. The number of methoxy groups -OCH3 is 1. The number of hydrogen-bond acceptors (Lipinski definition) is 4. The van der Waals surface area contributed by atoms with Gasteiger partial charge in [0.1, 0.15) is 11.5 Å². The number of aryl methyl sites for hydroxylation is 1. The molecule has 0 aliphatic carbocycles. The second-order valence-electron chi connectivity index (χ2n) is 4.78. The van der Waals surface area contributed by atoms with Crippen molar-refractivity contribution in [1.82, 2.24) is 10.9 Å². The van der Waals surface area contributed by atoms with Gasteiger partial charge in [-0.05, 0) is 42.8 Å². The number of carbonyl (C=O) groups excluding carboxylic acids is 2. The molecular weight excluding hydrogens is 296 g/mol. The van der Waals surface area contributed by atoms with Crippen molar-refractivity contribution in [2.75, 3.05) is 13.7 Å². The Kier molecular flexibility index (Phi) is 5.57. The molecule has 0 unspecified atom stereocenters. The zero-order valence-electron chi connectivity index (χ0n) is 13.0. The highest BCUT2D eigenvalue weighted by Gasteiger charge is 2.08. The van der Waals surface area contributed by atoms with E-state index in [1.54, 1.807) is 37.4 Å². The number of benzene rings is 2. The maximum Gasteiger partial charge on any atom is 0.276 e. The molecule has 0 saturated carbocycles. The molecule has 6 heteroatoms. The Labute approximate surface area is 134 Å². The Morgan fingerprint density at radius 1 is 1.00 bits per heavy atom. The van der Waals surface area contributed by atoms with Crippen LogP contribution in [-0.4, -0.2) is 25.5 Å². The highest BCUT2D eigenvalue weighted by molar-refractivity contribution is 5.95. The van der Waals surface area contributed by atoms with Crippen LogP contribution in [0.3, 0.4) is 0 Å². The molecule has 0 bridgehead atoms. The predicted molar refractivity (Wildman–Crippen MR) is 85.3 cm³/mol. The van der Waals surface area contributed by atoms with Crippen LogP contribution in [0.5, 0.6) is 11.5 Å². The lowest BCUT2D eigenvalue weighted by molar-refractivity contribution is -0.123. The summed E-state index contributed by atoms with van der Waals surface area (Å²) < 4.78 is 10.4. The first kappa shape index (κ1) is 16.4. The van der Waals surface area contributed by atoms with Gasteiger partial charge in [-0.3, -0.25) is 20.4 Å². The summed E-state index contributed by atoms with van der Waals surface area (Å²) in [6, 6.07) is 13.9. The van der Waals surface area contributed by atoms with Crippen LogP contribution in [0.1, 0.15) is 15.9 Å². The van der Waals surface area contributed by atoms with Gasteiger partial charge >= 0.3 is 0 Å². The average Bonchev–Trinajstić information content (AvgIpc) is 2.59. The zero-order valence-corrected chi connectivity index (χ0v) is 13.0. The van der Waals surface area contributed by atoms with Gasteiger partial charge in [-0.2, -0.15) is 0 Å². The molecule has 120 valence electrons. The summed E-state index contributed by atoms with van der Waals surface area (Å²) in [5.74, 6) is 0.411. The lowest BCUT2D eigenvalue weighted by Gasteiger charge is -2.10. The van der Waals surface area contributed by atoms with Gasteiger partial charge in [-0.1, -0.05) is 18.2 Å². The highest BCUT2D eigenvalue weighted by atomic mass is 16.5. The third-order valence-corrected chi connectivity index (χ3v) is 3.12. The lowest BCUT2D eigenvalue weighted by Crippen LogP contribution is -2.43. The molecule has 0 radical (unpaired) electrons. The van der Waals surface area contributed by atoms with Crippen LogP contribution in [0.25, 0.3) is 0 Å². The standard InChI is InChI=1S/C17H18N2O4/c1-12-5-3-4-6-15(12)23-11-16(20)18-19-17(21)13-7-9-14(22-2)10-8-13/h3-10H,11H2,1-2H3,(H,18,20)(H,19,21). The van der Waals surface area contributed by atoms with Crippen molar-refractivity contribution in [2.45, 2.75) is 6.92 Å². The fraction of sp³-hybridized carbons (Fsp3) is 0.176. The van der Waals surface area contributed by atoms with Crippen molar-refractivity contribution in [1.29, 1.82) is 0 Å². The second-order valence-corrected chi connectivity index (χ2v) is 4.78. The van der Waals surface area contributed by atoms with E-state index in [4.69, 9.17) is 9.47 Å². The van der Waals surface area contributed by atoms with Gasteiger partial charge in [-0.15, -0.1) is 0 Å². The normalized spacial score (nSPS) is 9.83. The molecule has 0 saturated heterocycles. The molecule has 0 aliphatic heterocycles. The summed E-state index contributed by atoms with van der Waals surface area (Å²) >= 11 is 0. The first-order valence-corrected chi connectivity index (χ1v) is 7.02. The van der Waals surface area contributed by atoms with E-state index in [9.17, 15) is 9.59 Å². The van der Waals surface area contributed by atoms with Crippen molar-refractivity contribution in [3.63, 3.8) is 0 Å². The molecule has 6 nitrogen and oxygen atoms in total. The SMILES string of the molecule is COc1ccc(C(=O)NNC(=O)COc2ccccc2C)cc1. The molecule has 0 fully saturated rings. The van der Waals surface area contributed by atoms with E-state index >= 15 is 0 Å². The molecule has 0 spiro atoms. The molecule has 0 aliphatic rings. The van der Waals surface area contributed by atoms with E-state index in [2.05, 4.69) is 10.9 Å². The minimum Gasteiger partial charge on any atom is -0.497 e. The van der Waals surface area contributed by atoms with E-state index < -0.39 is 11.8 Å². The summed E-state index contributed by atoms with van der Waals surface area (Å²) in [6.45, 7) is 1.70. The van der Waals surface area contributed by atoms with Crippen molar-refractivity contribution in [3.05, 3.63) is 59.7 Å². The molecular formula is C17H18N2O4. The smallest absolute Gasteiger partial charge is 0.276 e. The van der Waals surface area contributed by atoms with Crippen molar-refractivity contribution in [2.24, 2.45) is 0 Å². The maximum absolute atomic E-state index is 11.9. The van der Waals surface area contributed by atoms with Gasteiger partial charge in [0.05, 0.1) is 7.11 Å². The maximum atomic E-state index is 11.9. The summed E-state index contributed by atoms with van der Waals surface area (Å²) in [7, 11) is 1.55. The molecule has 0 atom stereocenters. The number of para-hydroxylation sites is 1. The number of ether oxygens (including phenoxy) is 2. The fourth-order valence-corrected chi connectivity index (χ4v) is 1.84. The van der Waals surface area contributed by atoms with Gasteiger partial charge in [0.15, 0.2) is 6.61 Å². The van der Waals surface area contributed by atoms with Crippen LogP contribution in [0, 0.1) is 6.92 Å². The summed E-state index contributed by atoms with van der Waals surface area (Å²) in [4.78, 5) is 23.6. The minimum atomic E-state index is -0.449. The summed E-state index contributed by atoms with van der Waals surface area (Å²) in [5, 5.41) is 0. The van der Waals surface area contributed by atoms with E-state index in [0.29, 0.717) is 17.1 Å². The Morgan fingerprint density at radius 3 is 2.35 bits per heavy atom. The average molecular weight is 314 g/mol. The van der Waals surface area contributed by atoms with Crippen molar-refractivity contribution < 1.29 is 19.1 Å². The van der Waals surface area contributed by atoms with Gasteiger partial charge in [-0.25, -0.2) is 0 Å². The van der Waals surface area contributed by atoms with Crippen LogP contribution < -0.4 is 20.3 Å². The molecule has 23 heavy (non-hydrogen) atoms. The first-order chi connectivity index (χ1) is 11.1. The van der Waals surface area contributed by atoms with Crippen LogP contribution in [0.15, 0.2) is 48.5 Å². The number of hydrogen-bond donors (Lipinski definition) is 2. The Morgan fingerprint density at radius 2 is 1.70 bits per heavy atom. The van der Waals surface area contributed by atoms with Crippen LogP contribution >= 0.6 is 0 Å². The lowest BCUT2D eigenvalue weighted by atomic mass is 10.2. The third kappa shape index (κ3) is 4.74. The quantitative estimate of drug-likeness (QED) is 0.826. The topological polar surface area (TPSA) is 76.7 Å². The van der Waals surface area contributed by atoms with Gasteiger partial charge < -0.3 is 9.47 Å². The van der Waals surface area contributed by atoms with E-state index in [1.807, 2.05) is 25.1 Å². The van der Waals surface area contributed by atoms with E-state index in [0.717, 1.165) is 5.56 Å². The number of nitrogens with one attached hydrogen (secondary N) is 2. The Hall–Kier alpha value is -3.02. The number of rotatable bonds is 5. The first-order valence-electron chi connectivity index (χ1n) is 7.02. The highest BCUT2D eigenvalue weighted by Crippen LogP contribution is 2.15. The van der Waals surface area contributed by atoms with Gasteiger partial charge in [0.2, 0.25) is 0 Å². The van der Waals surface area contributed by atoms with Crippen LogP contribution in [0.4, 0.5) is 0 Å². The molecule has 2 rings (SSSR count). The Bertz CT molecular complexity index is 683. The monoisotopic (exact) mass is 314 g/mol. The summed E-state index contributed by atoms with van der Waals surface area (Å²) in [5.41, 5.74) is 5.97.